The molecular formula is C18H17NO3. The molecule has 0 saturated carbocycles. The molecule has 1 amide bonds. The average Bonchev–Trinajstić information content (AvgIpc) is 2.52. The van der Waals surface area contributed by atoms with Gasteiger partial charge in [-0.1, -0.05) is 42.0 Å². The van der Waals surface area contributed by atoms with E-state index in [1.165, 1.54) is 4.90 Å². The van der Waals surface area contributed by atoms with Gasteiger partial charge in [-0.3, -0.25) is 4.79 Å². The SMILES string of the molecule is Cc1cccc(C(=O)N2Cc3ccccc3CC2C(=O)O)c1. The van der Waals surface area contributed by atoms with Gasteiger partial charge in [0.15, 0.2) is 0 Å². The van der Waals surface area contributed by atoms with Crippen LogP contribution in [-0.2, 0) is 17.8 Å². The lowest BCUT2D eigenvalue weighted by molar-refractivity contribution is -0.142. The van der Waals surface area contributed by atoms with Crippen LogP contribution in [0.5, 0.6) is 0 Å². The molecule has 0 aliphatic carbocycles. The van der Waals surface area contributed by atoms with Gasteiger partial charge in [0.25, 0.3) is 5.91 Å². The van der Waals surface area contributed by atoms with Crippen molar-refractivity contribution in [1.82, 2.24) is 4.90 Å². The zero-order valence-electron chi connectivity index (χ0n) is 12.3. The lowest BCUT2D eigenvalue weighted by atomic mass is 9.93. The van der Waals surface area contributed by atoms with Gasteiger partial charge in [0.2, 0.25) is 0 Å². The van der Waals surface area contributed by atoms with Crippen molar-refractivity contribution in [3.05, 3.63) is 70.8 Å². The van der Waals surface area contributed by atoms with Crippen molar-refractivity contribution >= 4 is 11.9 Å². The maximum atomic E-state index is 12.7. The zero-order chi connectivity index (χ0) is 15.7. The predicted octanol–water partition coefficient (Wildman–Crippen LogP) is 2.65. The van der Waals surface area contributed by atoms with Crippen LogP contribution < -0.4 is 0 Å². The highest BCUT2D eigenvalue weighted by atomic mass is 16.4. The summed E-state index contributed by atoms with van der Waals surface area (Å²) < 4.78 is 0. The lowest BCUT2D eigenvalue weighted by Crippen LogP contribution is -2.48. The molecule has 2 aromatic rings. The number of benzene rings is 2. The first-order valence-electron chi connectivity index (χ1n) is 7.23. The van der Waals surface area contributed by atoms with Crippen molar-refractivity contribution < 1.29 is 14.7 Å². The highest BCUT2D eigenvalue weighted by molar-refractivity contribution is 5.97. The van der Waals surface area contributed by atoms with Crippen molar-refractivity contribution in [3.8, 4) is 0 Å². The highest BCUT2D eigenvalue weighted by Gasteiger charge is 2.34. The van der Waals surface area contributed by atoms with E-state index in [0.717, 1.165) is 16.7 Å². The molecule has 1 aliphatic rings. The monoisotopic (exact) mass is 295 g/mol. The Bertz CT molecular complexity index is 739. The summed E-state index contributed by atoms with van der Waals surface area (Å²) in [5, 5.41) is 9.49. The van der Waals surface area contributed by atoms with Crippen molar-refractivity contribution in [2.45, 2.75) is 25.9 Å². The molecule has 3 rings (SSSR count). The Morgan fingerprint density at radius 3 is 2.50 bits per heavy atom. The first-order chi connectivity index (χ1) is 10.6. The minimum atomic E-state index is -0.962. The molecule has 0 aromatic heterocycles. The van der Waals surface area contributed by atoms with E-state index >= 15 is 0 Å². The van der Waals surface area contributed by atoms with Gasteiger partial charge in [0, 0.05) is 18.5 Å². The summed E-state index contributed by atoms with van der Waals surface area (Å²) in [6.07, 6.45) is 0.350. The van der Waals surface area contributed by atoms with E-state index in [1.807, 2.05) is 43.3 Å². The van der Waals surface area contributed by atoms with E-state index in [1.54, 1.807) is 12.1 Å². The first-order valence-corrected chi connectivity index (χ1v) is 7.23. The Morgan fingerprint density at radius 1 is 1.09 bits per heavy atom. The van der Waals surface area contributed by atoms with E-state index in [-0.39, 0.29) is 5.91 Å². The number of nitrogens with zero attached hydrogens (tertiary/aromatic N) is 1. The minimum Gasteiger partial charge on any atom is -0.480 e. The Hall–Kier alpha value is -2.62. The first kappa shape index (κ1) is 14.3. The molecule has 1 heterocycles. The second-order valence-corrected chi connectivity index (χ2v) is 5.63. The molecule has 1 aliphatic heterocycles. The summed E-state index contributed by atoms with van der Waals surface area (Å²) >= 11 is 0. The number of amides is 1. The number of carbonyl (C=O) groups excluding carboxylic acids is 1. The number of rotatable bonds is 2. The standard InChI is InChI=1S/C18H17NO3/c1-12-5-4-8-14(9-12)17(20)19-11-15-7-3-2-6-13(15)10-16(19)18(21)22/h2-9,16H,10-11H2,1H3,(H,21,22). The Labute approximate surface area is 129 Å². The summed E-state index contributed by atoms with van der Waals surface area (Å²) in [5.74, 6) is -1.19. The van der Waals surface area contributed by atoms with Crippen LogP contribution in [0.3, 0.4) is 0 Å². The molecule has 4 nitrogen and oxygen atoms in total. The Morgan fingerprint density at radius 2 is 1.82 bits per heavy atom. The van der Waals surface area contributed by atoms with Crippen molar-refractivity contribution in [2.75, 3.05) is 0 Å². The van der Waals surface area contributed by atoms with Crippen LogP contribution in [0.1, 0.15) is 27.0 Å². The van der Waals surface area contributed by atoms with Crippen LogP contribution in [0.4, 0.5) is 0 Å². The maximum Gasteiger partial charge on any atom is 0.326 e. The number of aliphatic carboxylic acids is 1. The smallest absolute Gasteiger partial charge is 0.326 e. The van der Waals surface area contributed by atoms with Crippen LogP contribution in [0.2, 0.25) is 0 Å². The third-order valence-corrected chi connectivity index (χ3v) is 4.06. The van der Waals surface area contributed by atoms with Gasteiger partial charge in [-0.05, 0) is 30.2 Å². The molecule has 1 N–H and O–H groups in total. The lowest BCUT2D eigenvalue weighted by Gasteiger charge is -2.34. The topological polar surface area (TPSA) is 57.6 Å². The van der Waals surface area contributed by atoms with Crippen LogP contribution in [0.15, 0.2) is 48.5 Å². The Kier molecular flexibility index (Phi) is 3.67. The maximum absolute atomic E-state index is 12.7. The third kappa shape index (κ3) is 2.60. The van der Waals surface area contributed by atoms with Gasteiger partial charge < -0.3 is 10.0 Å². The second kappa shape index (κ2) is 5.64. The summed E-state index contributed by atoms with van der Waals surface area (Å²) in [7, 11) is 0. The quantitative estimate of drug-likeness (QED) is 0.926. The van der Waals surface area contributed by atoms with E-state index in [4.69, 9.17) is 0 Å². The number of hydrogen-bond acceptors (Lipinski definition) is 2. The van der Waals surface area contributed by atoms with Gasteiger partial charge in [-0.15, -0.1) is 0 Å². The molecule has 1 unspecified atom stereocenters. The summed E-state index contributed by atoms with van der Waals surface area (Å²) in [5.41, 5.74) is 3.53. The molecule has 0 bridgehead atoms. The van der Waals surface area contributed by atoms with E-state index in [2.05, 4.69) is 0 Å². The van der Waals surface area contributed by atoms with Crippen molar-refractivity contribution in [2.24, 2.45) is 0 Å². The van der Waals surface area contributed by atoms with Crippen molar-refractivity contribution in [1.29, 1.82) is 0 Å². The fourth-order valence-corrected chi connectivity index (χ4v) is 2.90. The third-order valence-electron chi connectivity index (χ3n) is 4.06. The van der Waals surface area contributed by atoms with E-state index < -0.39 is 12.0 Å². The number of aryl methyl sites for hydroxylation is 1. The number of hydrogen-bond donors (Lipinski definition) is 1. The summed E-state index contributed by atoms with van der Waals surface area (Å²) in [6, 6.07) is 14.1. The predicted molar refractivity (Wildman–Crippen MR) is 82.6 cm³/mol. The molecule has 2 aromatic carbocycles. The number of carboxylic acid groups (broad SMARTS) is 1. The average molecular weight is 295 g/mol. The Balaban J connectivity index is 1.97. The normalized spacial score (nSPS) is 17.0. The molecular weight excluding hydrogens is 278 g/mol. The van der Waals surface area contributed by atoms with Crippen LogP contribution in [0, 0.1) is 6.92 Å². The molecule has 4 heteroatoms. The largest absolute Gasteiger partial charge is 0.480 e. The molecule has 112 valence electrons. The van der Waals surface area contributed by atoms with Gasteiger partial charge in [-0.25, -0.2) is 4.79 Å². The zero-order valence-corrected chi connectivity index (χ0v) is 12.3. The van der Waals surface area contributed by atoms with E-state index in [0.29, 0.717) is 18.5 Å². The highest BCUT2D eigenvalue weighted by Crippen LogP contribution is 2.25. The van der Waals surface area contributed by atoms with Gasteiger partial charge in [0.05, 0.1) is 0 Å². The van der Waals surface area contributed by atoms with Gasteiger partial charge >= 0.3 is 5.97 Å². The molecule has 1 atom stereocenters. The van der Waals surface area contributed by atoms with Crippen molar-refractivity contribution in [3.63, 3.8) is 0 Å². The molecule has 0 fully saturated rings. The van der Waals surface area contributed by atoms with Crippen LogP contribution in [-0.4, -0.2) is 27.9 Å². The molecule has 0 spiro atoms. The van der Waals surface area contributed by atoms with Gasteiger partial charge in [-0.2, -0.15) is 0 Å². The molecule has 22 heavy (non-hydrogen) atoms. The van der Waals surface area contributed by atoms with Crippen LogP contribution in [0.25, 0.3) is 0 Å². The number of carboxylic acids is 1. The summed E-state index contributed by atoms with van der Waals surface area (Å²) in [4.78, 5) is 25.8. The number of carbonyl (C=O) groups is 2. The fourth-order valence-electron chi connectivity index (χ4n) is 2.90. The second-order valence-electron chi connectivity index (χ2n) is 5.63. The fraction of sp³-hybridized carbons (Fsp3) is 0.222. The summed E-state index contributed by atoms with van der Waals surface area (Å²) in [6.45, 7) is 2.25. The molecule has 0 saturated heterocycles. The number of fused-ring (bicyclic) bond motifs is 1. The van der Waals surface area contributed by atoms with Gasteiger partial charge in [0.1, 0.15) is 6.04 Å². The van der Waals surface area contributed by atoms with Crippen LogP contribution >= 0.6 is 0 Å². The minimum absolute atomic E-state index is 0.231. The van der Waals surface area contributed by atoms with E-state index in [9.17, 15) is 14.7 Å². The molecule has 0 radical (unpaired) electrons.